The van der Waals surface area contributed by atoms with E-state index in [9.17, 15) is 0 Å². The van der Waals surface area contributed by atoms with E-state index in [0.717, 1.165) is 24.5 Å². The molecule has 1 atom stereocenters. The zero-order valence-corrected chi connectivity index (χ0v) is 13.9. The van der Waals surface area contributed by atoms with Crippen LogP contribution in [0.2, 0.25) is 0 Å². The van der Waals surface area contributed by atoms with Gasteiger partial charge in [0, 0.05) is 23.5 Å². The molecule has 6 heteroatoms. The standard InChI is InChI=1S/C18H22N4O2/c1-13-20-18(22(21-13)11-15-12-23-8-9-24-15)7-6-14-10-19-17-5-3-2-4-16(14)17/h2-5,10,15,19H,6-9,11-12H2,1H3. The molecule has 4 rings (SSSR count). The number of H-pyrrole nitrogens is 1. The Hall–Kier alpha value is -2.18. The molecular formula is C18H22N4O2. The van der Waals surface area contributed by atoms with Crippen LogP contribution < -0.4 is 0 Å². The molecule has 126 valence electrons. The number of aromatic nitrogens is 4. The lowest BCUT2D eigenvalue weighted by atomic mass is 10.1. The minimum absolute atomic E-state index is 0.0617. The fourth-order valence-electron chi connectivity index (χ4n) is 3.25. The average Bonchev–Trinajstić information content (AvgIpc) is 3.17. The van der Waals surface area contributed by atoms with Crippen molar-refractivity contribution in [2.24, 2.45) is 0 Å². The molecule has 3 aromatic rings. The van der Waals surface area contributed by atoms with E-state index in [0.29, 0.717) is 26.4 Å². The fourth-order valence-corrected chi connectivity index (χ4v) is 3.25. The molecule has 3 heterocycles. The van der Waals surface area contributed by atoms with E-state index in [4.69, 9.17) is 9.47 Å². The van der Waals surface area contributed by atoms with Crippen molar-refractivity contribution in [3.8, 4) is 0 Å². The largest absolute Gasteiger partial charge is 0.376 e. The second-order valence-corrected chi connectivity index (χ2v) is 6.18. The highest BCUT2D eigenvalue weighted by Crippen LogP contribution is 2.19. The second kappa shape index (κ2) is 6.75. The third kappa shape index (κ3) is 3.20. The quantitative estimate of drug-likeness (QED) is 0.781. The van der Waals surface area contributed by atoms with Gasteiger partial charge in [0.15, 0.2) is 0 Å². The highest BCUT2D eigenvalue weighted by molar-refractivity contribution is 5.83. The van der Waals surface area contributed by atoms with Crippen molar-refractivity contribution < 1.29 is 9.47 Å². The van der Waals surface area contributed by atoms with Crippen molar-refractivity contribution in [3.63, 3.8) is 0 Å². The van der Waals surface area contributed by atoms with E-state index in [2.05, 4.69) is 45.5 Å². The SMILES string of the molecule is Cc1nc(CCc2c[nH]c3ccccc23)n(CC2COCCO2)n1. The van der Waals surface area contributed by atoms with Gasteiger partial charge in [0.2, 0.25) is 0 Å². The van der Waals surface area contributed by atoms with E-state index < -0.39 is 0 Å². The van der Waals surface area contributed by atoms with Gasteiger partial charge in [-0.3, -0.25) is 0 Å². The van der Waals surface area contributed by atoms with Crippen LogP contribution in [0.5, 0.6) is 0 Å². The number of hydrogen-bond acceptors (Lipinski definition) is 4. The van der Waals surface area contributed by atoms with Gasteiger partial charge < -0.3 is 14.5 Å². The van der Waals surface area contributed by atoms with Gasteiger partial charge in [-0.2, -0.15) is 5.10 Å². The molecule has 2 aromatic heterocycles. The van der Waals surface area contributed by atoms with Gasteiger partial charge in [-0.05, 0) is 25.0 Å². The molecule has 0 radical (unpaired) electrons. The van der Waals surface area contributed by atoms with E-state index in [1.807, 2.05) is 11.6 Å². The Morgan fingerprint density at radius 2 is 2.17 bits per heavy atom. The van der Waals surface area contributed by atoms with Crippen molar-refractivity contribution in [3.05, 3.63) is 47.7 Å². The number of hydrogen-bond donors (Lipinski definition) is 1. The first kappa shape index (κ1) is 15.4. The monoisotopic (exact) mass is 326 g/mol. The maximum absolute atomic E-state index is 5.74. The molecule has 6 nitrogen and oxygen atoms in total. The van der Waals surface area contributed by atoms with Crippen LogP contribution >= 0.6 is 0 Å². The van der Waals surface area contributed by atoms with Gasteiger partial charge in [0.25, 0.3) is 0 Å². The summed E-state index contributed by atoms with van der Waals surface area (Å²) < 4.78 is 13.2. The van der Waals surface area contributed by atoms with Crippen LogP contribution in [0.3, 0.4) is 0 Å². The van der Waals surface area contributed by atoms with Gasteiger partial charge in [-0.25, -0.2) is 9.67 Å². The molecule has 1 unspecified atom stereocenters. The van der Waals surface area contributed by atoms with Gasteiger partial charge >= 0.3 is 0 Å². The van der Waals surface area contributed by atoms with Crippen molar-refractivity contribution >= 4 is 10.9 Å². The number of rotatable bonds is 5. The van der Waals surface area contributed by atoms with E-state index in [1.54, 1.807) is 0 Å². The summed E-state index contributed by atoms with van der Waals surface area (Å²) in [6, 6.07) is 8.39. The van der Waals surface area contributed by atoms with Crippen LogP contribution in [0.15, 0.2) is 30.5 Å². The number of fused-ring (bicyclic) bond motifs is 1. The summed E-state index contributed by atoms with van der Waals surface area (Å²) in [5.41, 5.74) is 2.49. The maximum atomic E-state index is 5.74. The molecule has 24 heavy (non-hydrogen) atoms. The van der Waals surface area contributed by atoms with Crippen molar-refractivity contribution in [1.29, 1.82) is 0 Å². The van der Waals surface area contributed by atoms with E-state index in [1.165, 1.54) is 16.5 Å². The van der Waals surface area contributed by atoms with Crippen molar-refractivity contribution in [2.75, 3.05) is 19.8 Å². The van der Waals surface area contributed by atoms with Crippen LogP contribution in [0.4, 0.5) is 0 Å². The molecule has 0 amide bonds. The van der Waals surface area contributed by atoms with Crippen molar-refractivity contribution in [1.82, 2.24) is 19.7 Å². The molecular weight excluding hydrogens is 304 g/mol. The number of aromatic amines is 1. The Kier molecular flexibility index (Phi) is 4.32. The summed E-state index contributed by atoms with van der Waals surface area (Å²) in [4.78, 5) is 7.93. The number of aryl methyl sites for hydroxylation is 3. The number of benzene rings is 1. The first-order valence-corrected chi connectivity index (χ1v) is 8.44. The smallest absolute Gasteiger partial charge is 0.147 e. The lowest BCUT2D eigenvalue weighted by Crippen LogP contribution is -2.33. The number of nitrogens with one attached hydrogen (secondary N) is 1. The van der Waals surface area contributed by atoms with Crippen molar-refractivity contribution in [2.45, 2.75) is 32.4 Å². The van der Waals surface area contributed by atoms with Gasteiger partial charge in [-0.1, -0.05) is 18.2 Å². The third-order valence-electron chi connectivity index (χ3n) is 4.41. The predicted molar refractivity (Wildman–Crippen MR) is 91.0 cm³/mol. The molecule has 0 spiro atoms. The summed E-state index contributed by atoms with van der Waals surface area (Å²) in [6.45, 7) is 4.60. The average molecular weight is 326 g/mol. The van der Waals surface area contributed by atoms with E-state index in [-0.39, 0.29) is 6.10 Å². The minimum Gasteiger partial charge on any atom is -0.376 e. The molecule has 0 aliphatic carbocycles. The third-order valence-corrected chi connectivity index (χ3v) is 4.41. The summed E-state index contributed by atoms with van der Waals surface area (Å²) in [6.07, 6.45) is 3.95. The first-order chi connectivity index (χ1) is 11.8. The Morgan fingerprint density at radius 3 is 3.04 bits per heavy atom. The Labute approximate surface area is 140 Å². The summed E-state index contributed by atoms with van der Waals surface area (Å²) in [5.74, 6) is 1.81. The Balaban J connectivity index is 1.48. The molecule has 1 aromatic carbocycles. The van der Waals surface area contributed by atoms with Gasteiger partial charge in [-0.15, -0.1) is 0 Å². The highest BCUT2D eigenvalue weighted by atomic mass is 16.6. The lowest BCUT2D eigenvalue weighted by molar-refractivity contribution is -0.0949. The Bertz CT molecular complexity index is 817. The van der Waals surface area contributed by atoms with Gasteiger partial charge in [0.1, 0.15) is 17.8 Å². The maximum Gasteiger partial charge on any atom is 0.147 e. The summed E-state index contributed by atoms with van der Waals surface area (Å²) in [5, 5.41) is 5.81. The molecule has 0 saturated carbocycles. The number of nitrogens with zero attached hydrogens (tertiary/aromatic N) is 3. The number of para-hydroxylation sites is 1. The van der Waals surface area contributed by atoms with E-state index >= 15 is 0 Å². The molecule has 0 bridgehead atoms. The number of ether oxygens (including phenoxy) is 2. The zero-order valence-electron chi connectivity index (χ0n) is 13.9. The van der Waals surface area contributed by atoms with Crippen LogP contribution in [-0.4, -0.2) is 45.7 Å². The van der Waals surface area contributed by atoms with Crippen LogP contribution in [0.25, 0.3) is 10.9 Å². The first-order valence-electron chi connectivity index (χ1n) is 8.44. The molecule has 1 N–H and O–H groups in total. The molecule has 1 aliphatic rings. The second-order valence-electron chi connectivity index (χ2n) is 6.18. The summed E-state index contributed by atoms with van der Waals surface area (Å²) in [7, 11) is 0. The van der Waals surface area contributed by atoms with Crippen LogP contribution in [0.1, 0.15) is 17.2 Å². The predicted octanol–water partition coefficient (Wildman–Crippen LogP) is 2.27. The van der Waals surface area contributed by atoms with Crippen LogP contribution in [-0.2, 0) is 28.9 Å². The fraction of sp³-hybridized carbons (Fsp3) is 0.444. The Morgan fingerprint density at radius 1 is 1.25 bits per heavy atom. The topological polar surface area (TPSA) is 65.0 Å². The lowest BCUT2D eigenvalue weighted by Gasteiger charge is -2.23. The van der Waals surface area contributed by atoms with Crippen LogP contribution in [0, 0.1) is 6.92 Å². The normalized spacial score (nSPS) is 18.3. The highest BCUT2D eigenvalue weighted by Gasteiger charge is 2.18. The summed E-state index contributed by atoms with van der Waals surface area (Å²) >= 11 is 0. The molecule has 1 fully saturated rings. The minimum atomic E-state index is 0.0617. The zero-order chi connectivity index (χ0) is 16.4. The molecule has 1 saturated heterocycles. The van der Waals surface area contributed by atoms with Gasteiger partial charge in [0.05, 0.1) is 26.4 Å². The molecule has 1 aliphatic heterocycles.